The molecule has 160 valence electrons. The number of hydrogen-bond acceptors (Lipinski definition) is 3. The Morgan fingerprint density at radius 1 is 1.03 bits per heavy atom. The first-order valence-corrected chi connectivity index (χ1v) is 10.3. The molecule has 0 unspecified atom stereocenters. The molecule has 30 heavy (non-hydrogen) atoms. The summed E-state index contributed by atoms with van der Waals surface area (Å²) in [5.41, 5.74) is 9.88. The molecule has 0 atom stereocenters. The molecule has 0 aliphatic heterocycles. The monoisotopic (exact) mass is 427 g/mol. The molecule has 0 saturated carbocycles. The summed E-state index contributed by atoms with van der Waals surface area (Å²) in [5, 5.41) is 8.98. The second kappa shape index (κ2) is 11.2. The number of carbonyl (C=O) groups is 2. The molecule has 0 radical (unpaired) electrons. The Bertz CT molecular complexity index is 897. The number of amides is 3. The van der Waals surface area contributed by atoms with Crippen LogP contribution in [-0.4, -0.2) is 23.1 Å². The van der Waals surface area contributed by atoms with Gasteiger partial charge in [0.25, 0.3) is 5.91 Å². The molecule has 0 aromatic heterocycles. The van der Waals surface area contributed by atoms with E-state index in [1.165, 1.54) is 0 Å². The predicted molar refractivity (Wildman–Crippen MR) is 124 cm³/mol. The molecule has 0 bridgehead atoms. The van der Waals surface area contributed by atoms with Crippen molar-refractivity contribution in [2.45, 2.75) is 46.7 Å². The summed E-state index contributed by atoms with van der Waals surface area (Å²) in [5.74, 6) is -0.309. The lowest BCUT2D eigenvalue weighted by Crippen LogP contribution is -2.44. The van der Waals surface area contributed by atoms with E-state index in [1.54, 1.807) is 24.3 Å². The molecule has 7 nitrogen and oxygen atoms in total. The lowest BCUT2D eigenvalue weighted by Gasteiger charge is -2.16. The van der Waals surface area contributed by atoms with Crippen molar-refractivity contribution in [2.75, 3.05) is 5.32 Å². The SMILES string of the molecule is CCc1cccc(C)c1NC(=S)NNC(=O)c1ccc(CNC(=O)NC(C)C)cc1. The zero-order valence-corrected chi connectivity index (χ0v) is 18.6. The first-order chi connectivity index (χ1) is 14.3. The van der Waals surface area contributed by atoms with Crippen molar-refractivity contribution in [3.63, 3.8) is 0 Å². The van der Waals surface area contributed by atoms with Crippen LogP contribution in [-0.2, 0) is 13.0 Å². The topological polar surface area (TPSA) is 94.3 Å². The van der Waals surface area contributed by atoms with Crippen LogP contribution in [0.4, 0.5) is 10.5 Å². The second-order valence-electron chi connectivity index (χ2n) is 7.17. The number of nitrogens with one attached hydrogen (secondary N) is 5. The minimum absolute atomic E-state index is 0.0727. The molecule has 2 aromatic rings. The number of carbonyl (C=O) groups excluding carboxylic acids is 2. The van der Waals surface area contributed by atoms with Gasteiger partial charge in [-0.15, -0.1) is 0 Å². The van der Waals surface area contributed by atoms with Crippen LogP contribution in [0.15, 0.2) is 42.5 Å². The van der Waals surface area contributed by atoms with Gasteiger partial charge in [-0.1, -0.05) is 37.3 Å². The number of benzene rings is 2. The van der Waals surface area contributed by atoms with Crippen molar-refractivity contribution in [1.82, 2.24) is 21.5 Å². The fourth-order valence-corrected chi connectivity index (χ4v) is 2.96. The molecule has 0 heterocycles. The number of anilines is 1. The summed E-state index contributed by atoms with van der Waals surface area (Å²) in [6, 6.07) is 12.9. The summed E-state index contributed by atoms with van der Waals surface area (Å²) >= 11 is 5.30. The van der Waals surface area contributed by atoms with E-state index in [4.69, 9.17) is 12.2 Å². The summed E-state index contributed by atoms with van der Waals surface area (Å²) < 4.78 is 0. The number of para-hydroxylation sites is 1. The van der Waals surface area contributed by atoms with Crippen LogP contribution in [0.3, 0.4) is 0 Å². The van der Waals surface area contributed by atoms with E-state index >= 15 is 0 Å². The van der Waals surface area contributed by atoms with Crippen LogP contribution in [0, 0.1) is 6.92 Å². The average molecular weight is 428 g/mol. The van der Waals surface area contributed by atoms with E-state index < -0.39 is 0 Å². The largest absolute Gasteiger partial charge is 0.336 e. The summed E-state index contributed by atoms with van der Waals surface area (Å²) in [4.78, 5) is 24.0. The molecule has 8 heteroatoms. The molecule has 0 aliphatic rings. The maximum atomic E-state index is 12.3. The van der Waals surface area contributed by atoms with Crippen molar-refractivity contribution in [1.29, 1.82) is 0 Å². The van der Waals surface area contributed by atoms with E-state index in [-0.39, 0.29) is 18.0 Å². The predicted octanol–water partition coefficient (Wildman–Crippen LogP) is 3.40. The van der Waals surface area contributed by atoms with E-state index in [1.807, 2.05) is 39.0 Å². The van der Waals surface area contributed by atoms with E-state index in [9.17, 15) is 9.59 Å². The molecular formula is C22H29N5O2S. The lowest BCUT2D eigenvalue weighted by molar-refractivity contribution is 0.0944. The standard InChI is InChI=1S/C22H29N5O2S/c1-5-17-8-6-7-15(4)19(17)25-22(30)27-26-20(28)18-11-9-16(10-12-18)13-23-21(29)24-14(2)3/h6-12,14H,5,13H2,1-4H3,(H,26,28)(H2,23,24,29)(H2,25,27,30). The maximum Gasteiger partial charge on any atom is 0.315 e. The Labute approximate surface area is 183 Å². The van der Waals surface area contributed by atoms with Gasteiger partial charge in [0.2, 0.25) is 0 Å². The molecule has 5 N–H and O–H groups in total. The van der Waals surface area contributed by atoms with Crippen LogP contribution in [0.2, 0.25) is 0 Å². The highest BCUT2D eigenvalue weighted by Gasteiger charge is 2.09. The van der Waals surface area contributed by atoms with Gasteiger partial charge < -0.3 is 16.0 Å². The molecule has 0 fully saturated rings. The first-order valence-electron chi connectivity index (χ1n) is 9.89. The Balaban J connectivity index is 1.85. The highest BCUT2D eigenvalue weighted by Crippen LogP contribution is 2.20. The molecular weight excluding hydrogens is 398 g/mol. The van der Waals surface area contributed by atoms with Crippen LogP contribution in [0.25, 0.3) is 0 Å². The fourth-order valence-electron chi connectivity index (χ4n) is 2.80. The van der Waals surface area contributed by atoms with Crippen LogP contribution in [0.5, 0.6) is 0 Å². The average Bonchev–Trinajstić information content (AvgIpc) is 2.72. The normalized spacial score (nSPS) is 10.3. The van der Waals surface area contributed by atoms with Gasteiger partial charge in [0.05, 0.1) is 0 Å². The van der Waals surface area contributed by atoms with Gasteiger partial charge in [0.1, 0.15) is 0 Å². The van der Waals surface area contributed by atoms with Gasteiger partial charge in [-0.25, -0.2) is 4.79 Å². The summed E-state index contributed by atoms with van der Waals surface area (Å²) in [6.07, 6.45) is 0.874. The lowest BCUT2D eigenvalue weighted by atomic mass is 10.1. The summed E-state index contributed by atoms with van der Waals surface area (Å²) in [6.45, 7) is 8.25. The molecule has 0 spiro atoms. The number of hydrazine groups is 1. The van der Waals surface area contributed by atoms with Gasteiger partial charge in [-0.05, 0) is 68.2 Å². The van der Waals surface area contributed by atoms with Crippen LogP contribution < -0.4 is 26.8 Å². The number of rotatable bonds is 6. The highest BCUT2D eigenvalue weighted by atomic mass is 32.1. The molecule has 2 aromatic carbocycles. The fraction of sp³-hybridized carbons (Fsp3) is 0.318. The molecule has 2 rings (SSSR count). The third-order valence-electron chi connectivity index (χ3n) is 4.36. The van der Waals surface area contributed by atoms with Gasteiger partial charge in [0.15, 0.2) is 5.11 Å². The van der Waals surface area contributed by atoms with Crippen molar-refractivity contribution in [2.24, 2.45) is 0 Å². The third kappa shape index (κ3) is 7.04. The Morgan fingerprint density at radius 3 is 2.37 bits per heavy atom. The molecule has 0 saturated heterocycles. The number of urea groups is 1. The van der Waals surface area contributed by atoms with Gasteiger partial charge >= 0.3 is 6.03 Å². The minimum atomic E-state index is -0.309. The zero-order valence-electron chi connectivity index (χ0n) is 17.8. The quantitative estimate of drug-likeness (QED) is 0.360. The highest BCUT2D eigenvalue weighted by molar-refractivity contribution is 7.80. The Hall–Kier alpha value is -3.13. The first kappa shape index (κ1) is 23.2. The van der Waals surface area contributed by atoms with Crippen molar-refractivity contribution in [3.8, 4) is 0 Å². The van der Waals surface area contributed by atoms with Gasteiger partial charge in [-0.2, -0.15) is 0 Å². The number of thiocarbonyl (C=S) groups is 1. The molecule has 3 amide bonds. The van der Waals surface area contributed by atoms with Gasteiger partial charge in [0, 0.05) is 23.8 Å². The minimum Gasteiger partial charge on any atom is -0.336 e. The Kier molecular flexibility index (Phi) is 8.61. The van der Waals surface area contributed by atoms with E-state index in [0.717, 1.165) is 28.8 Å². The Morgan fingerprint density at radius 2 is 1.73 bits per heavy atom. The van der Waals surface area contributed by atoms with Crippen molar-refractivity contribution in [3.05, 3.63) is 64.7 Å². The zero-order chi connectivity index (χ0) is 22.1. The second-order valence-corrected chi connectivity index (χ2v) is 7.58. The number of hydrogen-bond donors (Lipinski definition) is 5. The van der Waals surface area contributed by atoms with Crippen LogP contribution >= 0.6 is 12.2 Å². The molecule has 0 aliphatic carbocycles. The van der Waals surface area contributed by atoms with Crippen LogP contribution in [0.1, 0.15) is 47.8 Å². The maximum absolute atomic E-state index is 12.3. The van der Waals surface area contributed by atoms with Gasteiger partial charge in [-0.3, -0.25) is 15.6 Å². The van der Waals surface area contributed by atoms with Crippen molar-refractivity contribution < 1.29 is 9.59 Å². The van der Waals surface area contributed by atoms with Crippen molar-refractivity contribution >= 4 is 35.0 Å². The smallest absolute Gasteiger partial charge is 0.315 e. The summed E-state index contributed by atoms with van der Waals surface area (Å²) in [7, 11) is 0. The third-order valence-corrected chi connectivity index (χ3v) is 4.56. The van der Waals surface area contributed by atoms with E-state index in [0.29, 0.717) is 17.2 Å². The number of aryl methyl sites for hydroxylation is 2. The van der Waals surface area contributed by atoms with E-state index in [2.05, 4.69) is 33.7 Å².